The fraction of sp³-hybridized carbons (Fsp3) is 0.185. The Balaban J connectivity index is 1.99. The van der Waals surface area contributed by atoms with Crippen LogP contribution in [0, 0.1) is 6.92 Å². The number of benzene rings is 4. The number of furan rings is 2. The molecule has 0 unspecified atom stereocenters. The molecule has 2 nitrogen and oxygen atoms in total. The Labute approximate surface area is 168 Å². The van der Waals surface area contributed by atoms with E-state index in [0.717, 1.165) is 43.9 Å². The number of rotatable bonds is 0. The summed E-state index contributed by atoms with van der Waals surface area (Å²) in [4.78, 5) is 0. The first kappa shape index (κ1) is 16.7. The number of para-hydroxylation sites is 1. The minimum Gasteiger partial charge on any atom is -0.456 e. The maximum absolute atomic E-state index is 6.69. The molecule has 2 aromatic heterocycles. The van der Waals surface area contributed by atoms with Crippen LogP contribution >= 0.6 is 0 Å². The minimum atomic E-state index is -0.0703. The molecule has 0 atom stereocenters. The molecular formula is C27H22O2. The lowest BCUT2D eigenvalue weighted by Gasteiger charge is -2.22. The quantitative estimate of drug-likeness (QED) is 0.266. The monoisotopic (exact) mass is 378 g/mol. The molecule has 0 saturated carbocycles. The molecule has 0 N–H and O–H groups in total. The summed E-state index contributed by atoms with van der Waals surface area (Å²) < 4.78 is 13.1. The van der Waals surface area contributed by atoms with Crippen molar-refractivity contribution in [2.24, 2.45) is 0 Å². The van der Waals surface area contributed by atoms with E-state index < -0.39 is 0 Å². The molecule has 6 aromatic rings. The van der Waals surface area contributed by atoms with Gasteiger partial charge in [-0.25, -0.2) is 0 Å². The molecule has 29 heavy (non-hydrogen) atoms. The molecule has 0 aliphatic carbocycles. The summed E-state index contributed by atoms with van der Waals surface area (Å²) in [6.07, 6.45) is 0. The van der Waals surface area contributed by atoms with Gasteiger partial charge in [0.1, 0.15) is 22.3 Å². The highest BCUT2D eigenvalue weighted by Gasteiger charge is 2.29. The van der Waals surface area contributed by atoms with Crippen molar-refractivity contribution in [3.8, 4) is 0 Å². The molecule has 0 aliphatic rings. The van der Waals surface area contributed by atoms with Crippen molar-refractivity contribution in [1.29, 1.82) is 0 Å². The van der Waals surface area contributed by atoms with E-state index in [1.165, 1.54) is 21.9 Å². The third-order valence-electron chi connectivity index (χ3n) is 6.12. The Kier molecular flexibility index (Phi) is 3.11. The largest absolute Gasteiger partial charge is 0.456 e. The van der Waals surface area contributed by atoms with Crippen LogP contribution in [-0.4, -0.2) is 0 Å². The zero-order valence-corrected chi connectivity index (χ0v) is 17.1. The van der Waals surface area contributed by atoms with Gasteiger partial charge in [-0.15, -0.1) is 0 Å². The molecule has 4 aromatic carbocycles. The van der Waals surface area contributed by atoms with Crippen molar-refractivity contribution in [1.82, 2.24) is 0 Å². The molecule has 0 bridgehead atoms. The van der Waals surface area contributed by atoms with Crippen molar-refractivity contribution in [2.75, 3.05) is 0 Å². The molecule has 2 heterocycles. The van der Waals surface area contributed by atoms with Gasteiger partial charge < -0.3 is 8.83 Å². The smallest absolute Gasteiger partial charge is 0.143 e. The zero-order valence-electron chi connectivity index (χ0n) is 17.1. The summed E-state index contributed by atoms with van der Waals surface area (Å²) in [5.41, 5.74) is 6.16. The van der Waals surface area contributed by atoms with Gasteiger partial charge in [-0.3, -0.25) is 0 Å². The predicted octanol–water partition coefficient (Wildman–Crippen LogP) is 8.24. The lowest BCUT2D eigenvalue weighted by atomic mass is 9.82. The second kappa shape index (κ2) is 5.42. The first-order valence-electron chi connectivity index (χ1n) is 10.1. The highest BCUT2D eigenvalue weighted by atomic mass is 16.3. The molecule has 0 aliphatic heterocycles. The van der Waals surface area contributed by atoms with Crippen LogP contribution in [0.2, 0.25) is 0 Å². The van der Waals surface area contributed by atoms with Gasteiger partial charge in [0.15, 0.2) is 0 Å². The van der Waals surface area contributed by atoms with Gasteiger partial charge >= 0.3 is 0 Å². The molecule has 0 spiro atoms. The van der Waals surface area contributed by atoms with E-state index >= 15 is 0 Å². The SMILES string of the molecule is Cc1c(C(C)(C)C)c2oc3c4ccccc4ccc3c2c2c1oc1ccccc12. The van der Waals surface area contributed by atoms with E-state index in [0.29, 0.717) is 0 Å². The molecule has 2 heteroatoms. The normalized spacial score (nSPS) is 12.8. The summed E-state index contributed by atoms with van der Waals surface area (Å²) in [6, 6.07) is 21.1. The fourth-order valence-electron chi connectivity index (χ4n) is 4.99. The van der Waals surface area contributed by atoms with E-state index in [1.54, 1.807) is 0 Å². The Morgan fingerprint density at radius 1 is 0.621 bits per heavy atom. The molecule has 0 amide bonds. The topological polar surface area (TPSA) is 26.3 Å². The maximum Gasteiger partial charge on any atom is 0.143 e. The van der Waals surface area contributed by atoms with Crippen molar-refractivity contribution in [2.45, 2.75) is 33.1 Å². The van der Waals surface area contributed by atoms with E-state index in [9.17, 15) is 0 Å². The van der Waals surface area contributed by atoms with Crippen molar-refractivity contribution < 1.29 is 8.83 Å². The number of hydrogen-bond acceptors (Lipinski definition) is 2. The third-order valence-corrected chi connectivity index (χ3v) is 6.12. The van der Waals surface area contributed by atoms with Gasteiger partial charge in [-0.2, -0.15) is 0 Å². The lowest BCUT2D eigenvalue weighted by Crippen LogP contribution is -2.13. The van der Waals surface area contributed by atoms with E-state index in [2.05, 4.69) is 82.3 Å². The predicted molar refractivity (Wildman–Crippen MR) is 122 cm³/mol. The van der Waals surface area contributed by atoms with Gasteiger partial charge in [-0.05, 0) is 35.4 Å². The van der Waals surface area contributed by atoms with Crippen LogP contribution in [0.5, 0.6) is 0 Å². The van der Waals surface area contributed by atoms with Crippen molar-refractivity contribution in [3.63, 3.8) is 0 Å². The summed E-state index contributed by atoms with van der Waals surface area (Å²) in [7, 11) is 0. The average Bonchev–Trinajstić information content (AvgIpc) is 3.25. The van der Waals surface area contributed by atoms with Crippen molar-refractivity contribution in [3.05, 3.63) is 71.8 Å². The van der Waals surface area contributed by atoms with Crippen LogP contribution in [0.3, 0.4) is 0 Å². The van der Waals surface area contributed by atoms with E-state index in [4.69, 9.17) is 8.83 Å². The van der Waals surface area contributed by atoms with Crippen LogP contribution in [-0.2, 0) is 5.41 Å². The minimum absolute atomic E-state index is 0.0703. The molecular weight excluding hydrogens is 356 g/mol. The number of hydrogen-bond donors (Lipinski definition) is 0. The van der Waals surface area contributed by atoms with Gasteiger partial charge in [0, 0.05) is 32.5 Å². The Hall–Kier alpha value is -3.26. The van der Waals surface area contributed by atoms with E-state index in [-0.39, 0.29) is 5.41 Å². The second-order valence-electron chi connectivity index (χ2n) is 9.02. The molecule has 0 fully saturated rings. The van der Waals surface area contributed by atoms with Crippen LogP contribution in [0.4, 0.5) is 0 Å². The molecule has 0 saturated heterocycles. The molecule has 0 radical (unpaired) electrons. The van der Waals surface area contributed by atoms with Gasteiger partial charge in [0.05, 0.1) is 0 Å². The number of aryl methyl sites for hydroxylation is 1. The highest BCUT2D eigenvalue weighted by molar-refractivity contribution is 6.29. The van der Waals surface area contributed by atoms with Crippen LogP contribution < -0.4 is 0 Å². The molecule has 6 rings (SSSR count). The Morgan fingerprint density at radius 2 is 1.31 bits per heavy atom. The average molecular weight is 378 g/mol. The van der Waals surface area contributed by atoms with Gasteiger partial charge in [0.25, 0.3) is 0 Å². The van der Waals surface area contributed by atoms with Crippen LogP contribution in [0.1, 0.15) is 31.9 Å². The summed E-state index contributed by atoms with van der Waals surface area (Å²) in [6.45, 7) is 8.90. The van der Waals surface area contributed by atoms with E-state index in [1.807, 2.05) is 6.07 Å². The first-order chi connectivity index (χ1) is 13.9. The van der Waals surface area contributed by atoms with Crippen molar-refractivity contribution >= 4 is 54.6 Å². The standard InChI is InChI=1S/C27H22O2/c1-15-23(27(2,3)4)26-22(21-18-11-7-8-12-20(18)28-24(15)21)19-14-13-16-9-5-6-10-17(16)25(19)29-26/h5-14H,1-4H3. The Bertz CT molecular complexity index is 1590. The summed E-state index contributed by atoms with van der Waals surface area (Å²) in [5.74, 6) is 0. The maximum atomic E-state index is 6.69. The molecule has 142 valence electrons. The highest BCUT2D eigenvalue weighted by Crippen LogP contribution is 2.47. The zero-order chi connectivity index (χ0) is 19.9. The van der Waals surface area contributed by atoms with Gasteiger partial charge in [0.2, 0.25) is 0 Å². The third kappa shape index (κ3) is 2.12. The summed E-state index contributed by atoms with van der Waals surface area (Å²) in [5, 5.41) is 6.98. The fourth-order valence-corrected chi connectivity index (χ4v) is 4.99. The second-order valence-corrected chi connectivity index (χ2v) is 9.02. The van der Waals surface area contributed by atoms with Crippen LogP contribution in [0.15, 0.2) is 69.5 Å². The van der Waals surface area contributed by atoms with Crippen LogP contribution in [0.25, 0.3) is 54.6 Å². The van der Waals surface area contributed by atoms with Gasteiger partial charge in [-0.1, -0.05) is 69.3 Å². The summed E-state index contributed by atoms with van der Waals surface area (Å²) >= 11 is 0. The first-order valence-corrected chi connectivity index (χ1v) is 10.1. The Morgan fingerprint density at radius 3 is 2.10 bits per heavy atom. The lowest BCUT2D eigenvalue weighted by molar-refractivity contribution is 0.567. The number of fused-ring (bicyclic) bond motifs is 9.